The van der Waals surface area contributed by atoms with Crippen LogP contribution in [0.25, 0.3) is 4.85 Å². The summed E-state index contributed by atoms with van der Waals surface area (Å²) in [7, 11) is 0. The Kier molecular flexibility index (Phi) is 77.7. The van der Waals surface area contributed by atoms with E-state index in [0.717, 1.165) is 0 Å². The van der Waals surface area contributed by atoms with Gasteiger partial charge in [0.05, 0.1) is 0 Å². The van der Waals surface area contributed by atoms with Crippen molar-refractivity contribution in [2.75, 3.05) is 0 Å². The van der Waals surface area contributed by atoms with Gasteiger partial charge < -0.3 is 0 Å². The van der Waals surface area contributed by atoms with E-state index in [0.29, 0.717) is 0 Å². The van der Waals surface area contributed by atoms with E-state index in [4.69, 9.17) is 76.2 Å². The average molecular weight is 399 g/mol. The maximum absolute atomic E-state index is 7.50. The van der Waals surface area contributed by atoms with Crippen LogP contribution in [-0.2, 0) is 40.6 Å². The molecule has 0 aliphatic carbocycles. The molecule has 0 heterocycles. The molecule has 0 N–H and O–H groups in total. The van der Waals surface area contributed by atoms with Gasteiger partial charge in [0.25, 0.3) is 0 Å². The molecule has 108 valence electrons. The fourth-order valence-corrected chi connectivity index (χ4v) is 0.183. The molecule has 0 aromatic carbocycles. The fourth-order valence-electron chi connectivity index (χ4n) is 0.0982. The molecule has 0 fully saturated rings. The summed E-state index contributed by atoms with van der Waals surface area (Å²) in [5.74, 6) is 0. The number of halogens is 4. The molecule has 0 amide bonds. The van der Waals surface area contributed by atoms with Crippen molar-refractivity contribution in [3.63, 3.8) is 0 Å². The van der Waals surface area contributed by atoms with Gasteiger partial charge in [-0.3, -0.25) is 4.85 Å². The molecular weight excluding hydrogens is 396 g/mol. The summed E-state index contributed by atoms with van der Waals surface area (Å²) in [4.78, 5) is 2.81. The van der Waals surface area contributed by atoms with Gasteiger partial charge in [-0.2, -0.15) is 0 Å². The summed E-state index contributed by atoms with van der Waals surface area (Å²) in [5, 5.41) is 0. The molecule has 0 aliphatic heterocycles. The molecule has 0 radical (unpaired) electrons. The second-order valence-corrected chi connectivity index (χ2v) is 4.53. The van der Waals surface area contributed by atoms with Crippen LogP contribution in [-0.4, -0.2) is 8.79 Å². The van der Waals surface area contributed by atoms with Crippen molar-refractivity contribution in [3.05, 3.63) is 44.7 Å². The second kappa shape index (κ2) is 36.4. The van der Waals surface area contributed by atoms with E-state index in [2.05, 4.69) is 38.1 Å². The minimum atomic E-state index is -1.75. The SMILES string of the molecule is [C-]#[N+]C(Cl)(Cl)C(C)(Cl)Cl.[C-]#[O+].[C-]#[O+].[C-]#[O+].[C-]#[O+].[C-]#[O+].[Cr]. The first kappa shape index (κ1) is 42.7. The van der Waals surface area contributed by atoms with Gasteiger partial charge >= 0.3 is 61.0 Å². The monoisotopic (exact) mass is 397 g/mol. The Morgan fingerprint density at radius 1 is 0.700 bits per heavy atom. The Bertz CT molecular complexity index is 290. The Morgan fingerprint density at radius 2 is 0.850 bits per heavy atom. The van der Waals surface area contributed by atoms with E-state index in [9.17, 15) is 0 Å². The summed E-state index contributed by atoms with van der Waals surface area (Å²) < 4.78 is 34.3. The standard InChI is InChI=1S/C4H3Cl4N.5CO.Cr/c1-3(5,6)4(7,8)9-2;5*1-2;/h1H3;;;;;;. The molecule has 0 unspecified atom stereocenters. The molecule has 0 aromatic rings. The number of hydrogen-bond acceptors (Lipinski definition) is 0. The zero-order valence-corrected chi connectivity index (χ0v) is 13.7. The van der Waals surface area contributed by atoms with Gasteiger partial charge in [0.2, 0.25) is 4.33 Å². The summed E-state index contributed by atoms with van der Waals surface area (Å²) in [6, 6.07) is 0. The number of alkyl halides is 4. The molecule has 0 saturated carbocycles. The van der Waals surface area contributed by atoms with E-state index < -0.39 is 8.79 Å². The molecule has 0 bridgehead atoms. The van der Waals surface area contributed by atoms with Crippen molar-refractivity contribution in [3.8, 4) is 0 Å². The van der Waals surface area contributed by atoms with Gasteiger partial charge in [-0.15, -0.1) is 0 Å². The van der Waals surface area contributed by atoms with Gasteiger partial charge in [0.1, 0.15) is 0 Å². The second-order valence-electron chi connectivity index (χ2n) is 1.54. The fraction of sp³-hybridized carbons (Fsp3) is 0.333. The first-order valence-electron chi connectivity index (χ1n) is 2.97. The molecule has 0 spiro atoms. The maximum atomic E-state index is 7.50. The van der Waals surface area contributed by atoms with Gasteiger partial charge in [-0.05, 0) is 30.1 Å². The molecule has 20 heavy (non-hydrogen) atoms. The topological polar surface area (TPSA) is 104 Å². The molecule has 0 aliphatic rings. The third kappa shape index (κ3) is 36.1. The summed E-state index contributed by atoms with van der Waals surface area (Å²) in [6.45, 7) is 30.3. The maximum Gasteiger partial charge on any atom is 0 e. The number of hydrogen-bond donors (Lipinski definition) is 0. The molecule has 0 atom stereocenters. The van der Waals surface area contributed by atoms with Crippen LogP contribution in [0.15, 0.2) is 0 Å². The van der Waals surface area contributed by atoms with Crippen molar-refractivity contribution in [1.82, 2.24) is 0 Å². The largest absolute Gasteiger partial charge is 0 e. The Labute approximate surface area is 147 Å². The van der Waals surface area contributed by atoms with E-state index in [1.165, 1.54) is 6.92 Å². The average Bonchev–Trinajstić information content (AvgIpc) is 2.48. The minimum absolute atomic E-state index is 0. The molecule has 0 saturated heterocycles. The zero-order valence-electron chi connectivity index (χ0n) is 9.41. The van der Waals surface area contributed by atoms with Gasteiger partial charge in [0.15, 0.2) is 0 Å². The van der Waals surface area contributed by atoms with Crippen LogP contribution in [0.2, 0.25) is 0 Å². The van der Waals surface area contributed by atoms with Crippen molar-refractivity contribution in [2.24, 2.45) is 0 Å². The van der Waals surface area contributed by atoms with Gasteiger partial charge in [-0.1, -0.05) is 23.2 Å². The third-order valence-electron chi connectivity index (χ3n) is 0.669. The van der Waals surface area contributed by atoms with Gasteiger partial charge in [0, 0.05) is 17.4 Å². The van der Waals surface area contributed by atoms with Crippen LogP contribution in [0.3, 0.4) is 0 Å². The Morgan fingerprint density at radius 3 is 0.850 bits per heavy atom. The first-order valence-corrected chi connectivity index (χ1v) is 4.49. The molecule has 11 heteroatoms. The van der Waals surface area contributed by atoms with Crippen LogP contribution in [0.5, 0.6) is 0 Å². The number of rotatable bonds is 1. The van der Waals surface area contributed by atoms with Crippen LogP contribution in [0.4, 0.5) is 0 Å². The zero-order chi connectivity index (χ0) is 17.7. The Hall–Kier alpha value is -0.118. The quantitative estimate of drug-likeness (QED) is 0.280. The molecular formula is C9H3Cl4CrNO5. The van der Waals surface area contributed by atoms with Crippen molar-refractivity contribution >= 4 is 46.4 Å². The van der Waals surface area contributed by atoms with Crippen LogP contribution < -0.4 is 0 Å². The minimum Gasteiger partial charge on any atom is 0 e. The Balaban J connectivity index is -0.0000000261. The third-order valence-corrected chi connectivity index (χ3v) is 2.53. The van der Waals surface area contributed by atoms with Crippen molar-refractivity contribution in [2.45, 2.75) is 15.7 Å². The summed E-state index contributed by atoms with van der Waals surface area (Å²) in [6.07, 6.45) is 0. The van der Waals surface area contributed by atoms with Crippen molar-refractivity contribution in [1.29, 1.82) is 0 Å². The molecule has 0 aromatic heterocycles. The number of nitrogens with zero attached hydrogens (tertiary/aromatic N) is 1. The summed E-state index contributed by atoms with van der Waals surface area (Å²) >= 11 is 21.5. The predicted octanol–water partition coefficient (Wildman–Crippen LogP) is 3.04. The normalized spacial score (nSPS) is 6.30. The summed E-state index contributed by atoms with van der Waals surface area (Å²) in [5.41, 5.74) is 0. The van der Waals surface area contributed by atoms with Crippen LogP contribution in [0, 0.1) is 39.8 Å². The molecule has 6 nitrogen and oxygen atoms in total. The van der Waals surface area contributed by atoms with Crippen molar-refractivity contribution < 1.29 is 40.6 Å². The van der Waals surface area contributed by atoms with E-state index in [-0.39, 0.29) is 17.4 Å². The molecule has 0 rings (SSSR count). The van der Waals surface area contributed by atoms with E-state index in [1.807, 2.05) is 0 Å². The first-order chi connectivity index (χ1) is 8.81. The van der Waals surface area contributed by atoms with Gasteiger partial charge in [-0.25, -0.2) is 6.57 Å². The smallest absolute Gasteiger partial charge is 0 e. The van der Waals surface area contributed by atoms with Crippen LogP contribution in [0.1, 0.15) is 6.92 Å². The van der Waals surface area contributed by atoms with E-state index >= 15 is 0 Å². The predicted molar refractivity (Wildman–Crippen MR) is 60.8 cm³/mol. The van der Waals surface area contributed by atoms with Crippen LogP contribution >= 0.6 is 46.4 Å². The van der Waals surface area contributed by atoms with E-state index in [1.54, 1.807) is 0 Å².